The van der Waals surface area contributed by atoms with Gasteiger partial charge in [-0.1, -0.05) is 109 Å². The molecule has 6 aromatic rings. The highest BCUT2D eigenvalue weighted by atomic mass is 35.5. The number of halogens is 1. The molecule has 37 heavy (non-hydrogen) atoms. The molecule has 1 heterocycles. The van der Waals surface area contributed by atoms with Crippen LogP contribution < -0.4 is 4.90 Å². The van der Waals surface area contributed by atoms with Gasteiger partial charge in [-0.3, -0.25) is 0 Å². The molecule has 0 fully saturated rings. The Labute approximate surface area is 221 Å². The summed E-state index contributed by atoms with van der Waals surface area (Å²) in [5, 5.41) is 3.28. The van der Waals surface area contributed by atoms with Gasteiger partial charge >= 0.3 is 0 Å². The average molecular weight is 492 g/mol. The van der Waals surface area contributed by atoms with Crippen molar-refractivity contribution in [1.29, 1.82) is 0 Å². The van der Waals surface area contributed by atoms with Gasteiger partial charge in [0.1, 0.15) is 0 Å². The minimum Gasteiger partial charge on any atom is -0.310 e. The molecule has 2 aliphatic rings. The van der Waals surface area contributed by atoms with Crippen LogP contribution in [0, 0.1) is 0 Å². The minimum atomic E-state index is -0.491. The number of hydrogen-bond acceptors (Lipinski definition) is 1. The van der Waals surface area contributed by atoms with Crippen LogP contribution in [0.3, 0.4) is 0 Å². The molecule has 0 radical (unpaired) electrons. The number of anilines is 3. The van der Waals surface area contributed by atoms with Crippen LogP contribution in [0.2, 0.25) is 5.02 Å². The number of rotatable bonds is 1. The van der Waals surface area contributed by atoms with Crippen molar-refractivity contribution in [3.8, 4) is 11.1 Å². The van der Waals surface area contributed by atoms with Crippen LogP contribution >= 0.6 is 11.6 Å². The van der Waals surface area contributed by atoms with Crippen molar-refractivity contribution in [2.24, 2.45) is 0 Å². The van der Waals surface area contributed by atoms with E-state index in [1.54, 1.807) is 0 Å². The molecule has 0 saturated carbocycles. The summed E-state index contributed by atoms with van der Waals surface area (Å²) < 4.78 is 0. The number of para-hydroxylation sites is 2. The first-order valence-electron chi connectivity index (χ1n) is 12.7. The fourth-order valence-electron chi connectivity index (χ4n) is 6.76. The molecule has 1 aliphatic carbocycles. The summed E-state index contributed by atoms with van der Waals surface area (Å²) in [4.78, 5) is 2.39. The number of benzene rings is 6. The summed E-state index contributed by atoms with van der Waals surface area (Å²) in [5.41, 5.74) is 10.7. The Balaban J connectivity index is 1.61. The van der Waals surface area contributed by atoms with Gasteiger partial charge in [-0.15, -0.1) is 0 Å². The third-order valence-corrected chi connectivity index (χ3v) is 8.33. The Morgan fingerprint density at radius 3 is 2.11 bits per heavy atom. The third-order valence-electron chi connectivity index (χ3n) is 8.09. The van der Waals surface area contributed by atoms with E-state index in [-0.39, 0.29) is 0 Å². The molecule has 1 nitrogen and oxygen atoms in total. The quantitative estimate of drug-likeness (QED) is 0.221. The Morgan fingerprint density at radius 2 is 1.22 bits per heavy atom. The summed E-state index contributed by atoms with van der Waals surface area (Å²) in [7, 11) is 0. The van der Waals surface area contributed by atoms with E-state index in [1.165, 1.54) is 49.8 Å². The van der Waals surface area contributed by atoms with Crippen molar-refractivity contribution in [1.82, 2.24) is 0 Å². The van der Waals surface area contributed by atoms with Crippen LogP contribution in [0.15, 0.2) is 133 Å². The van der Waals surface area contributed by atoms with Gasteiger partial charge in [-0.2, -0.15) is 0 Å². The van der Waals surface area contributed by atoms with Gasteiger partial charge < -0.3 is 4.90 Å². The Kier molecular flexibility index (Phi) is 4.27. The van der Waals surface area contributed by atoms with E-state index in [0.717, 1.165) is 16.4 Å². The lowest BCUT2D eigenvalue weighted by Gasteiger charge is -2.45. The largest absolute Gasteiger partial charge is 0.310 e. The van der Waals surface area contributed by atoms with Gasteiger partial charge in [-0.05, 0) is 80.6 Å². The average Bonchev–Trinajstić information content (AvgIpc) is 3.26. The summed E-state index contributed by atoms with van der Waals surface area (Å²) in [6, 6.07) is 48.2. The normalized spacial score (nSPS) is 16.8. The first-order valence-corrected chi connectivity index (χ1v) is 13.0. The number of nitrogens with zero attached hydrogens (tertiary/aromatic N) is 1. The smallest absolute Gasteiger partial charge is 0.0760 e. The Bertz CT molecular complexity index is 1860. The zero-order valence-corrected chi connectivity index (χ0v) is 20.8. The fourth-order valence-corrected chi connectivity index (χ4v) is 6.93. The van der Waals surface area contributed by atoms with Crippen LogP contribution in [0.4, 0.5) is 17.1 Å². The molecule has 1 unspecified atom stereocenters. The Morgan fingerprint density at radius 1 is 0.514 bits per heavy atom. The van der Waals surface area contributed by atoms with Crippen LogP contribution in [0.1, 0.15) is 22.3 Å². The van der Waals surface area contributed by atoms with Crippen LogP contribution in [-0.2, 0) is 5.41 Å². The molecular weight excluding hydrogens is 470 g/mol. The minimum absolute atomic E-state index is 0.491. The van der Waals surface area contributed by atoms with Gasteiger partial charge in [0.2, 0.25) is 0 Å². The van der Waals surface area contributed by atoms with Crippen molar-refractivity contribution in [2.75, 3.05) is 4.90 Å². The second kappa shape index (κ2) is 7.59. The molecule has 2 heteroatoms. The molecule has 0 N–H and O–H groups in total. The van der Waals surface area contributed by atoms with Crippen molar-refractivity contribution >= 4 is 39.4 Å². The molecule has 0 bridgehead atoms. The summed E-state index contributed by atoms with van der Waals surface area (Å²) in [5.74, 6) is 0. The maximum atomic E-state index is 6.81. The molecule has 1 spiro atoms. The molecule has 8 rings (SSSR count). The highest BCUT2D eigenvalue weighted by Gasteiger charge is 2.52. The molecule has 174 valence electrons. The summed E-state index contributed by atoms with van der Waals surface area (Å²) in [6.07, 6.45) is 0. The predicted molar refractivity (Wildman–Crippen MR) is 155 cm³/mol. The van der Waals surface area contributed by atoms with E-state index in [2.05, 4.69) is 132 Å². The molecule has 0 aromatic heterocycles. The van der Waals surface area contributed by atoms with E-state index in [0.29, 0.717) is 0 Å². The van der Waals surface area contributed by atoms with E-state index >= 15 is 0 Å². The summed E-state index contributed by atoms with van der Waals surface area (Å²) in [6.45, 7) is 0. The first-order chi connectivity index (χ1) is 18.3. The molecule has 1 aliphatic heterocycles. The molecule has 1 atom stereocenters. The van der Waals surface area contributed by atoms with Gasteiger partial charge in [-0.25, -0.2) is 0 Å². The Hall–Kier alpha value is -4.33. The zero-order chi connectivity index (χ0) is 24.6. The lowest BCUT2D eigenvalue weighted by atomic mass is 9.64. The molecular formula is C35H22ClN. The van der Waals surface area contributed by atoms with Crippen molar-refractivity contribution < 1.29 is 0 Å². The van der Waals surface area contributed by atoms with E-state index in [9.17, 15) is 0 Å². The monoisotopic (exact) mass is 491 g/mol. The van der Waals surface area contributed by atoms with Crippen molar-refractivity contribution in [2.45, 2.75) is 5.41 Å². The van der Waals surface area contributed by atoms with Crippen LogP contribution in [-0.4, -0.2) is 0 Å². The predicted octanol–water partition coefficient (Wildman–Crippen LogP) is 9.64. The van der Waals surface area contributed by atoms with E-state index in [4.69, 9.17) is 11.6 Å². The second-order valence-electron chi connectivity index (χ2n) is 9.85. The maximum absolute atomic E-state index is 6.81. The topological polar surface area (TPSA) is 3.24 Å². The van der Waals surface area contributed by atoms with E-state index < -0.39 is 5.41 Å². The first kappa shape index (κ1) is 20.8. The molecule has 6 aromatic carbocycles. The standard InChI is InChI=1S/C35H22ClN/c36-24-19-21-33-31(22-24)35(30-16-8-9-17-32(30)37(33)25-11-2-1-3-12-25)29-15-7-6-14-27(29)28-20-18-23-10-4-5-13-26(23)34(28)35/h1-22H. The van der Waals surface area contributed by atoms with Gasteiger partial charge in [0.25, 0.3) is 0 Å². The van der Waals surface area contributed by atoms with Crippen LogP contribution in [0.5, 0.6) is 0 Å². The molecule has 0 saturated heterocycles. The number of fused-ring (bicyclic) bond motifs is 11. The lowest BCUT2D eigenvalue weighted by Crippen LogP contribution is -2.36. The van der Waals surface area contributed by atoms with Gasteiger partial charge in [0, 0.05) is 10.7 Å². The van der Waals surface area contributed by atoms with Crippen molar-refractivity contribution in [3.05, 3.63) is 161 Å². The highest BCUT2D eigenvalue weighted by Crippen LogP contribution is 2.64. The van der Waals surface area contributed by atoms with Gasteiger partial charge in [0.15, 0.2) is 0 Å². The highest BCUT2D eigenvalue weighted by molar-refractivity contribution is 6.30. The number of hydrogen-bond donors (Lipinski definition) is 0. The lowest BCUT2D eigenvalue weighted by molar-refractivity contribution is 0.759. The molecule has 0 amide bonds. The van der Waals surface area contributed by atoms with Crippen molar-refractivity contribution in [3.63, 3.8) is 0 Å². The SMILES string of the molecule is Clc1ccc2c(c1)C1(c3ccccc3-c3ccc4ccccc4c31)c1ccccc1N2c1ccccc1. The van der Waals surface area contributed by atoms with E-state index in [1.807, 2.05) is 6.07 Å². The maximum Gasteiger partial charge on any atom is 0.0760 e. The van der Waals surface area contributed by atoms with Crippen LogP contribution in [0.25, 0.3) is 21.9 Å². The zero-order valence-electron chi connectivity index (χ0n) is 20.0. The fraction of sp³-hybridized carbons (Fsp3) is 0.0286. The van der Waals surface area contributed by atoms with Gasteiger partial charge in [0.05, 0.1) is 16.8 Å². The third kappa shape index (κ3) is 2.64. The second-order valence-corrected chi connectivity index (χ2v) is 10.3. The summed E-state index contributed by atoms with van der Waals surface area (Å²) >= 11 is 6.81.